The molecular weight excluding hydrogens is 310 g/mol. The molecule has 0 bridgehead atoms. The Bertz CT molecular complexity index is 785. The predicted molar refractivity (Wildman–Crippen MR) is 91.0 cm³/mol. The van der Waals surface area contributed by atoms with E-state index in [9.17, 15) is 13.2 Å². The lowest BCUT2D eigenvalue weighted by molar-refractivity contribution is 0.0910. The van der Waals surface area contributed by atoms with Gasteiger partial charge < -0.3 is 0 Å². The minimum absolute atomic E-state index is 0.205. The van der Waals surface area contributed by atoms with E-state index in [1.54, 1.807) is 56.3 Å². The van der Waals surface area contributed by atoms with Crippen LogP contribution in [0.1, 0.15) is 29.8 Å². The smallest absolute Gasteiger partial charge is 0.243 e. The SMILES string of the molecule is CCN(C(C)C(=O)c1ccccc1)S(=O)(=O)c1cccc(C)c1. The predicted octanol–water partition coefficient (Wildman–Crippen LogP) is 3.28. The molecule has 23 heavy (non-hydrogen) atoms. The van der Waals surface area contributed by atoms with E-state index in [4.69, 9.17) is 0 Å². The average molecular weight is 331 g/mol. The van der Waals surface area contributed by atoms with Crippen LogP contribution in [-0.2, 0) is 10.0 Å². The van der Waals surface area contributed by atoms with Gasteiger partial charge in [0.25, 0.3) is 0 Å². The molecule has 2 aromatic rings. The lowest BCUT2D eigenvalue weighted by Crippen LogP contribution is -2.43. The van der Waals surface area contributed by atoms with Crippen molar-refractivity contribution in [2.75, 3.05) is 6.54 Å². The summed E-state index contributed by atoms with van der Waals surface area (Å²) in [7, 11) is -3.71. The second-order valence-corrected chi connectivity index (χ2v) is 7.32. The minimum Gasteiger partial charge on any atom is -0.292 e. The molecule has 1 unspecified atom stereocenters. The number of carbonyl (C=O) groups is 1. The van der Waals surface area contributed by atoms with Gasteiger partial charge >= 0.3 is 0 Å². The standard InChI is InChI=1S/C18H21NO3S/c1-4-19(15(3)18(20)16-10-6-5-7-11-16)23(21,22)17-12-8-9-14(2)13-17/h5-13,15H,4H2,1-3H3. The fraction of sp³-hybridized carbons (Fsp3) is 0.278. The van der Waals surface area contributed by atoms with Crippen LogP contribution in [0, 0.1) is 6.92 Å². The third-order valence-corrected chi connectivity index (χ3v) is 5.82. The number of benzene rings is 2. The maximum atomic E-state index is 12.9. The fourth-order valence-electron chi connectivity index (χ4n) is 2.54. The number of likely N-dealkylation sites (N-methyl/N-ethyl adjacent to an activating group) is 1. The maximum Gasteiger partial charge on any atom is 0.243 e. The van der Waals surface area contributed by atoms with Crippen molar-refractivity contribution in [3.8, 4) is 0 Å². The summed E-state index contributed by atoms with van der Waals surface area (Å²) in [6.45, 7) is 5.44. The molecule has 0 aliphatic heterocycles. The lowest BCUT2D eigenvalue weighted by atomic mass is 10.1. The van der Waals surface area contributed by atoms with E-state index in [2.05, 4.69) is 0 Å². The van der Waals surface area contributed by atoms with E-state index < -0.39 is 16.1 Å². The summed E-state index contributed by atoms with van der Waals surface area (Å²) in [5, 5.41) is 0. The molecule has 0 aliphatic carbocycles. The Morgan fingerprint density at radius 3 is 2.30 bits per heavy atom. The number of hydrogen-bond acceptors (Lipinski definition) is 3. The summed E-state index contributed by atoms with van der Waals surface area (Å²) >= 11 is 0. The molecule has 0 aromatic heterocycles. The molecule has 0 amide bonds. The molecule has 0 aliphatic rings. The van der Waals surface area contributed by atoms with Gasteiger partial charge in [0.1, 0.15) is 0 Å². The topological polar surface area (TPSA) is 54.5 Å². The van der Waals surface area contributed by atoms with Crippen LogP contribution in [0.15, 0.2) is 59.5 Å². The highest BCUT2D eigenvalue weighted by Gasteiger charge is 2.32. The number of hydrogen-bond donors (Lipinski definition) is 0. The van der Waals surface area contributed by atoms with Crippen LogP contribution in [-0.4, -0.2) is 31.1 Å². The Morgan fingerprint density at radius 1 is 1.09 bits per heavy atom. The molecule has 0 N–H and O–H groups in total. The minimum atomic E-state index is -3.71. The quantitative estimate of drug-likeness (QED) is 0.763. The zero-order valence-corrected chi connectivity index (χ0v) is 14.4. The van der Waals surface area contributed by atoms with Crippen molar-refractivity contribution in [3.05, 3.63) is 65.7 Å². The molecule has 4 nitrogen and oxygen atoms in total. The first-order valence-corrected chi connectivity index (χ1v) is 8.99. The normalized spacial score (nSPS) is 13.0. The number of carbonyl (C=O) groups excluding carboxylic acids is 1. The third kappa shape index (κ3) is 3.68. The lowest BCUT2D eigenvalue weighted by Gasteiger charge is -2.26. The van der Waals surface area contributed by atoms with Gasteiger partial charge in [0.15, 0.2) is 5.78 Å². The van der Waals surface area contributed by atoms with E-state index in [1.165, 1.54) is 4.31 Å². The van der Waals surface area contributed by atoms with Gasteiger partial charge in [-0.1, -0.05) is 49.4 Å². The Morgan fingerprint density at radius 2 is 1.74 bits per heavy atom. The third-order valence-electron chi connectivity index (χ3n) is 3.78. The number of sulfonamides is 1. The number of aryl methyl sites for hydroxylation is 1. The van der Waals surface area contributed by atoms with Crippen LogP contribution in [0.4, 0.5) is 0 Å². The van der Waals surface area contributed by atoms with Gasteiger partial charge in [-0.2, -0.15) is 4.31 Å². The van der Waals surface area contributed by atoms with E-state index in [1.807, 2.05) is 19.1 Å². The van der Waals surface area contributed by atoms with Crippen molar-refractivity contribution in [3.63, 3.8) is 0 Å². The molecule has 2 rings (SSSR count). The Balaban J connectivity index is 2.37. The number of Topliss-reactive ketones (excluding diaryl/α,β-unsaturated/α-hetero) is 1. The molecular formula is C18H21NO3S. The van der Waals surface area contributed by atoms with E-state index in [0.29, 0.717) is 5.56 Å². The van der Waals surface area contributed by atoms with Gasteiger partial charge in [-0.05, 0) is 31.5 Å². The zero-order valence-electron chi connectivity index (χ0n) is 13.6. The van der Waals surface area contributed by atoms with Crippen LogP contribution in [0.2, 0.25) is 0 Å². The fourth-order valence-corrected chi connectivity index (χ4v) is 4.25. The Kier molecular flexibility index (Phi) is 5.34. The van der Waals surface area contributed by atoms with E-state index >= 15 is 0 Å². The van der Waals surface area contributed by atoms with Crippen molar-refractivity contribution in [2.45, 2.75) is 31.7 Å². The molecule has 0 saturated carbocycles. The van der Waals surface area contributed by atoms with Crippen LogP contribution in [0.3, 0.4) is 0 Å². The summed E-state index contributed by atoms with van der Waals surface area (Å²) in [4.78, 5) is 12.8. The van der Waals surface area contributed by atoms with Crippen LogP contribution in [0.5, 0.6) is 0 Å². The second kappa shape index (κ2) is 7.06. The summed E-state index contributed by atoms with van der Waals surface area (Å²) in [5.41, 5.74) is 1.38. The molecule has 122 valence electrons. The Hall–Kier alpha value is -1.98. The van der Waals surface area contributed by atoms with Gasteiger partial charge in [0.2, 0.25) is 10.0 Å². The first-order chi connectivity index (χ1) is 10.9. The summed E-state index contributed by atoms with van der Waals surface area (Å²) in [6, 6.07) is 14.7. The van der Waals surface area contributed by atoms with Crippen molar-refractivity contribution < 1.29 is 13.2 Å². The molecule has 5 heteroatoms. The Labute approximate surface area is 137 Å². The van der Waals surface area contributed by atoms with Gasteiger partial charge in [-0.15, -0.1) is 0 Å². The monoisotopic (exact) mass is 331 g/mol. The van der Waals surface area contributed by atoms with Crippen LogP contribution >= 0.6 is 0 Å². The van der Waals surface area contributed by atoms with Crippen LogP contribution in [0.25, 0.3) is 0 Å². The number of nitrogens with zero attached hydrogens (tertiary/aromatic N) is 1. The van der Waals surface area contributed by atoms with Crippen LogP contribution < -0.4 is 0 Å². The van der Waals surface area contributed by atoms with Crippen molar-refractivity contribution in [1.29, 1.82) is 0 Å². The average Bonchev–Trinajstić information content (AvgIpc) is 2.55. The highest BCUT2D eigenvalue weighted by Crippen LogP contribution is 2.21. The van der Waals surface area contributed by atoms with Gasteiger partial charge in [0.05, 0.1) is 10.9 Å². The maximum absolute atomic E-state index is 12.9. The number of ketones is 1. The summed E-state index contributed by atoms with van der Waals surface area (Å²) in [5.74, 6) is -0.205. The summed E-state index contributed by atoms with van der Waals surface area (Å²) < 4.78 is 27.0. The van der Waals surface area contributed by atoms with Gasteiger partial charge in [-0.3, -0.25) is 4.79 Å². The highest BCUT2D eigenvalue weighted by atomic mass is 32.2. The number of rotatable bonds is 6. The van der Waals surface area contributed by atoms with Crippen molar-refractivity contribution >= 4 is 15.8 Å². The largest absolute Gasteiger partial charge is 0.292 e. The zero-order chi connectivity index (χ0) is 17.0. The highest BCUT2D eigenvalue weighted by molar-refractivity contribution is 7.89. The first kappa shape index (κ1) is 17.4. The molecule has 2 aromatic carbocycles. The first-order valence-electron chi connectivity index (χ1n) is 7.55. The second-order valence-electron chi connectivity index (χ2n) is 5.43. The molecule has 1 atom stereocenters. The van der Waals surface area contributed by atoms with Gasteiger partial charge in [-0.25, -0.2) is 8.42 Å². The molecule has 0 spiro atoms. The molecule has 0 radical (unpaired) electrons. The molecule has 0 fully saturated rings. The van der Waals surface area contributed by atoms with E-state index in [-0.39, 0.29) is 17.2 Å². The van der Waals surface area contributed by atoms with Gasteiger partial charge in [0, 0.05) is 12.1 Å². The van der Waals surface area contributed by atoms with Crippen molar-refractivity contribution in [2.24, 2.45) is 0 Å². The van der Waals surface area contributed by atoms with E-state index in [0.717, 1.165) is 5.56 Å². The molecule has 0 saturated heterocycles. The summed E-state index contributed by atoms with van der Waals surface area (Å²) in [6.07, 6.45) is 0. The van der Waals surface area contributed by atoms with Crippen molar-refractivity contribution in [1.82, 2.24) is 4.31 Å². The molecule has 0 heterocycles.